The highest BCUT2D eigenvalue weighted by Gasteiger charge is 2.25. The van der Waals surface area contributed by atoms with E-state index in [1.807, 2.05) is 17.9 Å². The van der Waals surface area contributed by atoms with Gasteiger partial charge in [0, 0.05) is 18.2 Å². The Bertz CT molecular complexity index is 524. The highest BCUT2D eigenvalue weighted by molar-refractivity contribution is 5.97. The van der Waals surface area contributed by atoms with Crippen LogP contribution in [-0.2, 0) is 4.79 Å². The van der Waals surface area contributed by atoms with Gasteiger partial charge in [0.15, 0.2) is 0 Å². The molecule has 1 amide bonds. The van der Waals surface area contributed by atoms with E-state index in [0.29, 0.717) is 11.6 Å². The van der Waals surface area contributed by atoms with Gasteiger partial charge in [-0.1, -0.05) is 19.1 Å². The third-order valence-electron chi connectivity index (χ3n) is 4.07. The van der Waals surface area contributed by atoms with Crippen molar-refractivity contribution in [2.75, 3.05) is 19.6 Å². The number of nitrogens with zero attached hydrogens (tertiary/aromatic N) is 1. The second-order valence-electron chi connectivity index (χ2n) is 5.86. The van der Waals surface area contributed by atoms with Gasteiger partial charge < -0.3 is 10.2 Å². The van der Waals surface area contributed by atoms with Crippen LogP contribution in [0, 0.1) is 5.82 Å². The molecule has 1 aromatic rings. The summed E-state index contributed by atoms with van der Waals surface area (Å²) >= 11 is 0. The van der Waals surface area contributed by atoms with Gasteiger partial charge in [-0.15, -0.1) is 12.4 Å². The first-order valence-corrected chi connectivity index (χ1v) is 8.07. The average Bonchev–Trinajstić information content (AvgIpc) is 2.55. The maximum atomic E-state index is 13.0. The minimum atomic E-state index is -0.261. The van der Waals surface area contributed by atoms with Crippen LogP contribution >= 0.6 is 12.4 Å². The molecule has 0 saturated carbocycles. The standard InChI is InChI=1S/C18H25FN2O.ClH/c1-3-12-21(17-8-10-20-11-9-17)18(22)14(2)13-15-4-6-16(19)7-5-15;/h4-7,13,17,20H,3,8-12H2,1-2H3;1H/b14-13+;. The lowest BCUT2D eigenvalue weighted by molar-refractivity contribution is -0.129. The molecule has 0 bridgehead atoms. The summed E-state index contributed by atoms with van der Waals surface area (Å²) in [6, 6.07) is 6.55. The van der Waals surface area contributed by atoms with E-state index in [2.05, 4.69) is 12.2 Å². The van der Waals surface area contributed by atoms with Gasteiger partial charge in [-0.2, -0.15) is 0 Å². The maximum Gasteiger partial charge on any atom is 0.249 e. The third-order valence-corrected chi connectivity index (χ3v) is 4.07. The third kappa shape index (κ3) is 5.63. The fourth-order valence-corrected chi connectivity index (χ4v) is 2.91. The smallest absolute Gasteiger partial charge is 0.249 e. The van der Waals surface area contributed by atoms with Gasteiger partial charge in [0.2, 0.25) is 5.91 Å². The normalized spacial score (nSPS) is 15.9. The number of hydrogen-bond donors (Lipinski definition) is 1. The van der Waals surface area contributed by atoms with E-state index in [9.17, 15) is 9.18 Å². The predicted molar refractivity (Wildman–Crippen MR) is 95.2 cm³/mol. The van der Waals surface area contributed by atoms with Crippen LogP contribution in [0.5, 0.6) is 0 Å². The first-order chi connectivity index (χ1) is 10.6. The van der Waals surface area contributed by atoms with E-state index >= 15 is 0 Å². The van der Waals surface area contributed by atoms with Crippen molar-refractivity contribution in [2.45, 2.75) is 39.2 Å². The molecule has 0 aliphatic carbocycles. The summed E-state index contributed by atoms with van der Waals surface area (Å²) in [7, 11) is 0. The molecule has 1 heterocycles. The second-order valence-corrected chi connectivity index (χ2v) is 5.86. The van der Waals surface area contributed by atoms with Crippen molar-refractivity contribution in [1.29, 1.82) is 0 Å². The maximum absolute atomic E-state index is 13.0. The molecular formula is C18H26ClFN2O. The summed E-state index contributed by atoms with van der Waals surface area (Å²) < 4.78 is 13.0. The number of rotatable bonds is 5. The van der Waals surface area contributed by atoms with Crippen LogP contribution in [0.2, 0.25) is 0 Å². The second kappa shape index (κ2) is 9.68. The lowest BCUT2D eigenvalue weighted by Gasteiger charge is -2.35. The highest BCUT2D eigenvalue weighted by Crippen LogP contribution is 2.17. The molecular weight excluding hydrogens is 315 g/mol. The molecule has 1 aliphatic heterocycles. The molecule has 1 N–H and O–H groups in total. The van der Waals surface area contributed by atoms with E-state index < -0.39 is 0 Å². The van der Waals surface area contributed by atoms with Crippen LogP contribution in [0.4, 0.5) is 4.39 Å². The number of halogens is 2. The SMILES string of the molecule is CCCN(C(=O)/C(C)=C/c1ccc(F)cc1)C1CCNCC1.Cl. The Morgan fingerprint density at radius 3 is 2.48 bits per heavy atom. The van der Waals surface area contributed by atoms with Crippen molar-refractivity contribution in [3.63, 3.8) is 0 Å². The number of piperidine rings is 1. The molecule has 1 aliphatic rings. The largest absolute Gasteiger partial charge is 0.336 e. The van der Waals surface area contributed by atoms with E-state index in [4.69, 9.17) is 0 Å². The molecule has 0 unspecified atom stereocenters. The van der Waals surface area contributed by atoms with E-state index in [1.165, 1.54) is 12.1 Å². The predicted octanol–water partition coefficient (Wildman–Crippen LogP) is 3.64. The van der Waals surface area contributed by atoms with Crippen molar-refractivity contribution >= 4 is 24.4 Å². The first kappa shape index (κ1) is 19.7. The van der Waals surface area contributed by atoms with Gasteiger partial charge in [-0.05, 0) is 63.0 Å². The zero-order valence-electron chi connectivity index (χ0n) is 13.8. The monoisotopic (exact) mass is 340 g/mol. The van der Waals surface area contributed by atoms with Crippen LogP contribution in [0.3, 0.4) is 0 Å². The molecule has 1 saturated heterocycles. The summed E-state index contributed by atoms with van der Waals surface area (Å²) in [6.07, 6.45) is 4.82. The molecule has 3 nitrogen and oxygen atoms in total. The average molecular weight is 341 g/mol. The molecule has 0 radical (unpaired) electrons. The molecule has 1 fully saturated rings. The van der Waals surface area contributed by atoms with Gasteiger partial charge in [-0.25, -0.2) is 4.39 Å². The highest BCUT2D eigenvalue weighted by atomic mass is 35.5. The van der Waals surface area contributed by atoms with Gasteiger partial charge in [0.1, 0.15) is 5.82 Å². The molecule has 23 heavy (non-hydrogen) atoms. The van der Waals surface area contributed by atoms with E-state index in [1.54, 1.807) is 12.1 Å². The Balaban J connectivity index is 0.00000264. The molecule has 2 rings (SSSR count). The Hall–Kier alpha value is -1.39. The van der Waals surface area contributed by atoms with Gasteiger partial charge in [-0.3, -0.25) is 4.79 Å². The Kier molecular flexibility index (Phi) is 8.28. The van der Waals surface area contributed by atoms with Crippen molar-refractivity contribution < 1.29 is 9.18 Å². The zero-order valence-corrected chi connectivity index (χ0v) is 14.7. The lowest BCUT2D eigenvalue weighted by atomic mass is 10.0. The quantitative estimate of drug-likeness (QED) is 0.830. The number of benzene rings is 1. The summed E-state index contributed by atoms with van der Waals surface area (Å²) in [6.45, 7) is 6.67. The number of nitrogens with one attached hydrogen (secondary N) is 1. The Labute approximate surface area is 144 Å². The van der Waals surface area contributed by atoms with Crippen molar-refractivity contribution in [3.8, 4) is 0 Å². The summed E-state index contributed by atoms with van der Waals surface area (Å²) in [4.78, 5) is 14.8. The van der Waals surface area contributed by atoms with Gasteiger partial charge in [0.05, 0.1) is 0 Å². The van der Waals surface area contributed by atoms with Crippen LogP contribution in [0.15, 0.2) is 29.8 Å². The molecule has 1 aromatic carbocycles. The number of amides is 1. The molecule has 0 spiro atoms. The van der Waals surface area contributed by atoms with Crippen molar-refractivity contribution in [1.82, 2.24) is 10.2 Å². The van der Waals surface area contributed by atoms with E-state index in [-0.39, 0.29) is 24.1 Å². The van der Waals surface area contributed by atoms with Crippen LogP contribution in [-0.4, -0.2) is 36.5 Å². The number of carbonyl (C=O) groups is 1. The molecule has 128 valence electrons. The van der Waals surface area contributed by atoms with Crippen LogP contribution in [0.1, 0.15) is 38.7 Å². The summed E-state index contributed by atoms with van der Waals surface area (Å²) in [5.74, 6) is -0.165. The molecule has 0 aromatic heterocycles. The zero-order chi connectivity index (χ0) is 15.9. The van der Waals surface area contributed by atoms with Crippen LogP contribution in [0.25, 0.3) is 6.08 Å². The van der Waals surface area contributed by atoms with E-state index in [0.717, 1.165) is 44.5 Å². The number of hydrogen-bond acceptors (Lipinski definition) is 2. The van der Waals surface area contributed by atoms with Crippen molar-refractivity contribution in [3.05, 3.63) is 41.2 Å². The molecule has 0 atom stereocenters. The van der Waals surface area contributed by atoms with Crippen LogP contribution < -0.4 is 5.32 Å². The topological polar surface area (TPSA) is 32.3 Å². The number of carbonyl (C=O) groups excluding carboxylic acids is 1. The minimum Gasteiger partial charge on any atom is -0.336 e. The van der Waals surface area contributed by atoms with Crippen molar-refractivity contribution in [2.24, 2.45) is 0 Å². The van der Waals surface area contributed by atoms with Gasteiger partial charge >= 0.3 is 0 Å². The molecule has 5 heteroatoms. The fraction of sp³-hybridized carbons (Fsp3) is 0.500. The fourth-order valence-electron chi connectivity index (χ4n) is 2.91. The summed E-state index contributed by atoms with van der Waals surface area (Å²) in [5.41, 5.74) is 1.56. The Morgan fingerprint density at radius 2 is 1.91 bits per heavy atom. The first-order valence-electron chi connectivity index (χ1n) is 8.07. The lowest BCUT2D eigenvalue weighted by Crippen LogP contribution is -2.46. The summed E-state index contributed by atoms with van der Waals surface area (Å²) in [5, 5.41) is 3.34. The Morgan fingerprint density at radius 1 is 1.30 bits per heavy atom. The minimum absolute atomic E-state index is 0. The van der Waals surface area contributed by atoms with Gasteiger partial charge in [0.25, 0.3) is 0 Å².